The Labute approximate surface area is 160 Å². The number of nitrogens with one attached hydrogen (secondary N) is 4. The Morgan fingerprint density at radius 1 is 1.07 bits per heavy atom. The first-order valence-electron chi connectivity index (χ1n) is 9.66. The SMILES string of the molecule is CCNC(=NCCNc1ccc2ccccc2n1)NCCNC(=O)C1CC1. The van der Waals surface area contributed by atoms with Crippen molar-refractivity contribution in [1.29, 1.82) is 0 Å². The van der Waals surface area contributed by atoms with Gasteiger partial charge < -0.3 is 21.3 Å². The predicted molar refractivity (Wildman–Crippen MR) is 110 cm³/mol. The average molecular weight is 368 g/mol. The topological polar surface area (TPSA) is 90.4 Å². The molecule has 0 radical (unpaired) electrons. The molecule has 1 aromatic heterocycles. The number of amides is 1. The summed E-state index contributed by atoms with van der Waals surface area (Å²) in [5, 5.41) is 13.8. The van der Waals surface area contributed by atoms with Crippen LogP contribution in [-0.2, 0) is 4.79 Å². The number of anilines is 1. The Hall–Kier alpha value is -2.83. The smallest absolute Gasteiger partial charge is 0.223 e. The highest BCUT2D eigenvalue weighted by Gasteiger charge is 2.28. The second kappa shape index (κ2) is 9.75. The van der Waals surface area contributed by atoms with Gasteiger partial charge in [-0.15, -0.1) is 0 Å². The number of fused-ring (bicyclic) bond motifs is 1. The number of para-hydroxylation sites is 1. The van der Waals surface area contributed by atoms with Crippen molar-refractivity contribution in [3.63, 3.8) is 0 Å². The first-order chi connectivity index (χ1) is 13.3. The Kier molecular flexibility index (Phi) is 6.84. The van der Waals surface area contributed by atoms with Gasteiger partial charge in [-0.3, -0.25) is 9.79 Å². The molecule has 0 atom stereocenters. The second-order valence-corrected chi connectivity index (χ2v) is 6.57. The molecule has 0 aliphatic heterocycles. The van der Waals surface area contributed by atoms with Gasteiger partial charge in [0, 0.05) is 37.5 Å². The number of aromatic nitrogens is 1. The minimum atomic E-state index is 0.172. The van der Waals surface area contributed by atoms with E-state index in [0.717, 1.165) is 42.1 Å². The van der Waals surface area contributed by atoms with Crippen LogP contribution < -0.4 is 21.3 Å². The van der Waals surface area contributed by atoms with Gasteiger partial charge in [0.25, 0.3) is 0 Å². The van der Waals surface area contributed by atoms with Crippen LogP contribution in [0, 0.1) is 5.92 Å². The number of hydrogen-bond acceptors (Lipinski definition) is 4. The molecule has 2 aromatic rings. The molecule has 144 valence electrons. The van der Waals surface area contributed by atoms with E-state index in [4.69, 9.17) is 0 Å². The van der Waals surface area contributed by atoms with Gasteiger partial charge in [-0.05, 0) is 38.0 Å². The maximum absolute atomic E-state index is 11.6. The fourth-order valence-corrected chi connectivity index (χ4v) is 2.71. The summed E-state index contributed by atoms with van der Waals surface area (Å²) in [6.07, 6.45) is 2.06. The summed E-state index contributed by atoms with van der Waals surface area (Å²) in [5.41, 5.74) is 0.981. The van der Waals surface area contributed by atoms with Crippen molar-refractivity contribution >= 4 is 28.6 Å². The number of pyridine rings is 1. The molecule has 0 saturated heterocycles. The summed E-state index contributed by atoms with van der Waals surface area (Å²) in [5.74, 6) is 2.03. The number of benzene rings is 1. The standard InChI is InChI=1S/C20H28N6O/c1-2-21-20(25-14-12-23-19(27)16-7-8-16)24-13-11-22-18-10-9-15-5-3-4-6-17(15)26-18/h3-6,9-10,16H,2,7-8,11-14H2,1H3,(H,22,26)(H,23,27)(H2,21,24,25). The highest BCUT2D eigenvalue weighted by Crippen LogP contribution is 2.28. The Morgan fingerprint density at radius 2 is 1.89 bits per heavy atom. The molecule has 1 saturated carbocycles. The maximum Gasteiger partial charge on any atom is 0.223 e. The van der Waals surface area contributed by atoms with Crippen LogP contribution in [0.3, 0.4) is 0 Å². The van der Waals surface area contributed by atoms with E-state index < -0.39 is 0 Å². The Balaban J connectivity index is 1.39. The van der Waals surface area contributed by atoms with Gasteiger partial charge in [0.1, 0.15) is 5.82 Å². The van der Waals surface area contributed by atoms with E-state index in [9.17, 15) is 4.79 Å². The minimum Gasteiger partial charge on any atom is -0.368 e. The zero-order valence-electron chi connectivity index (χ0n) is 15.8. The fourth-order valence-electron chi connectivity index (χ4n) is 2.71. The number of rotatable bonds is 9. The third-order valence-corrected chi connectivity index (χ3v) is 4.30. The van der Waals surface area contributed by atoms with E-state index >= 15 is 0 Å². The fraction of sp³-hybridized carbons (Fsp3) is 0.450. The van der Waals surface area contributed by atoms with Gasteiger partial charge >= 0.3 is 0 Å². The van der Waals surface area contributed by atoms with Gasteiger partial charge in [0.2, 0.25) is 5.91 Å². The summed E-state index contributed by atoms with van der Waals surface area (Å²) >= 11 is 0. The molecule has 0 spiro atoms. The Morgan fingerprint density at radius 3 is 2.70 bits per heavy atom. The summed E-state index contributed by atoms with van der Waals surface area (Å²) < 4.78 is 0. The lowest BCUT2D eigenvalue weighted by Crippen LogP contribution is -2.42. The van der Waals surface area contributed by atoms with Crippen LogP contribution in [0.2, 0.25) is 0 Å². The summed E-state index contributed by atoms with van der Waals surface area (Å²) in [4.78, 5) is 20.7. The molecule has 7 heteroatoms. The average Bonchev–Trinajstić information content (AvgIpc) is 3.53. The molecule has 0 bridgehead atoms. The lowest BCUT2D eigenvalue weighted by Gasteiger charge is -2.12. The molecule has 1 heterocycles. The lowest BCUT2D eigenvalue weighted by atomic mass is 10.2. The number of carbonyl (C=O) groups excluding carboxylic acids is 1. The lowest BCUT2D eigenvalue weighted by molar-refractivity contribution is -0.122. The van der Waals surface area contributed by atoms with Crippen LogP contribution in [-0.4, -0.2) is 49.6 Å². The highest BCUT2D eigenvalue weighted by atomic mass is 16.2. The van der Waals surface area contributed by atoms with E-state index in [2.05, 4.69) is 43.4 Å². The molecule has 1 amide bonds. The van der Waals surface area contributed by atoms with E-state index in [1.54, 1.807) is 0 Å². The summed E-state index contributed by atoms with van der Waals surface area (Å²) in [6, 6.07) is 12.1. The van der Waals surface area contributed by atoms with E-state index in [0.29, 0.717) is 26.2 Å². The van der Waals surface area contributed by atoms with Crippen LogP contribution in [0.1, 0.15) is 19.8 Å². The van der Waals surface area contributed by atoms with Crippen molar-refractivity contribution in [1.82, 2.24) is 20.9 Å². The maximum atomic E-state index is 11.6. The van der Waals surface area contributed by atoms with E-state index in [1.165, 1.54) is 0 Å². The number of hydrogen-bond donors (Lipinski definition) is 4. The van der Waals surface area contributed by atoms with E-state index in [1.807, 2.05) is 31.2 Å². The van der Waals surface area contributed by atoms with Crippen molar-refractivity contribution in [3.05, 3.63) is 36.4 Å². The minimum absolute atomic E-state index is 0.172. The van der Waals surface area contributed by atoms with Gasteiger partial charge in [-0.25, -0.2) is 4.98 Å². The number of aliphatic imine (C=N–C) groups is 1. The zero-order chi connectivity index (χ0) is 18.9. The molecular weight excluding hydrogens is 340 g/mol. The van der Waals surface area contributed by atoms with E-state index in [-0.39, 0.29) is 11.8 Å². The van der Waals surface area contributed by atoms with Crippen LogP contribution in [0.4, 0.5) is 5.82 Å². The van der Waals surface area contributed by atoms with Crippen LogP contribution in [0.5, 0.6) is 0 Å². The van der Waals surface area contributed by atoms with Crippen LogP contribution in [0.25, 0.3) is 10.9 Å². The third kappa shape index (κ3) is 6.13. The molecule has 4 N–H and O–H groups in total. The van der Waals surface area contributed by atoms with Gasteiger partial charge in [0.15, 0.2) is 5.96 Å². The van der Waals surface area contributed by atoms with Gasteiger partial charge in [-0.2, -0.15) is 0 Å². The first kappa shape index (κ1) is 18.9. The Bertz CT molecular complexity index is 787. The highest BCUT2D eigenvalue weighted by molar-refractivity contribution is 5.81. The van der Waals surface area contributed by atoms with Crippen molar-refractivity contribution in [2.24, 2.45) is 10.9 Å². The van der Waals surface area contributed by atoms with Crippen molar-refractivity contribution in [2.75, 3.05) is 38.0 Å². The number of nitrogens with zero attached hydrogens (tertiary/aromatic N) is 2. The monoisotopic (exact) mass is 368 g/mol. The number of carbonyl (C=O) groups is 1. The molecule has 1 aliphatic carbocycles. The van der Waals surface area contributed by atoms with Crippen LogP contribution >= 0.6 is 0 Å². The largest absolute Gasteiger partial charge is 0.368 e. The molecule has 1 aliphatic rings. The van der Waals surface area contributed by atoms with Crippen LogP contribution in [0.15, 0.2) is 41.4 Å². The molecule has 1 aromatic carbocycles. The molecule has 0 unspecified atom stereocenters. The first-order valence-corrected chi connectivity index (χ1v) is 9.66. The predicted octanol–water partition coefficient (Wildman–Crippen LogP) is 1.73. The molecular formula is C20H28N6O. The number of guanidine groups is 1. The third-order valence-electron chi connectivity index (χ3n) is 4.30. The molecule has 1 fully saturated rings. The normalized spacial score (nSPS) is 14.0. The summed E-state index contributed by atoms with van der Waals surface area (Å²) in [6.45, 7) is 5.41. The van der Waals surface area contributed by atoms with Crippen molar-refractivity contribution in [2.45, 2.75) is 19.8 Å². The van der Waals surface area contributed by atoms with Gasteiger partial charge in [0.05, 0.1) is 12.1 Å². The molecule has 3 rings (SSSR count). The van der Waals surface area contributed by atoms with Crippen molar-refractivity contribution < 1.29 is 4.79 Å². The van der Waals surface area contributed by atoms with Gasteiger partial charge in [-0.1, -0.05) is 18.2 Å². The quantitative estimate of drug-likeness (QED) is 0.307. The molecule has 27 heavy (non-hydrogen) atoms. The summed E-state index contributed by atoms with van der Waals surface area (Å²) in [7, 11) is 0. The second-order valence-electron chi connectivity index (χ2n) is 6.57. The molecule has 7 nitrogen and oxygen atoms in total. The van der Waals surface area contributed by atoms with Crippen molar-refractivity contribution in [3.8, 4) is 0 Å². The zero-order valence-corrected chi connectivity index (χ0v) is 15.8.